The van der Waals surface area contributed by atoms with Crippen LogP contribution in [0.5, 0.6) is 0 Å². The van der Waals surface area contributed by atoms with Crippen molar-refractivity contribution in [1.82, 2.24) is 9.88 Å². The van der Waals surface area contributed by atoms with Gasteiger partial charge in [0, 0.05) is 11.9 Å². The SMILES string of the molecule is CCN(CC(N)=O)C(=O)c1csc(N)n1. The van der Waals surface area contributed by atoms with E-state index >= 15 is 0 Å². The van der Waals surface area contributed by atoms with Gasteiger partial charge >= 0.3 is 0 Å². The van der Waals surface area contributed by atoms with E-state index in [2.05, 4.69) is 4.98 Å². The molecule has 2 amide bonds. The predicted octanol–water partition coefficient (Wildman–Crippen LogP) is -0.327. The Morgan fingerprint density at radius 1 is 1.60 bits per heavy atom. The molecule has 0 aliphatic heterocycles. The van der Waals surface area contributed by atoms with Crippen molar-refractivity contribution in [2.75, 3.05) is 18.8 Å². The first kappa shape index (κ1) is 11.4. The lowest BCUT2D eigenvalue weighted by Crippen LogP contribution is -2.38. The first-order valence-electron chi connectivity index (χ1n) is 4.33. The Bertz CT molecular complexity index is 376. The van der Waals surface area contributed by atoms with Crippen LogP contribution in [0.2, 0.25) is 0 Å². The van der Waals surface area contributed by atoms with Crippen molar-refractivity contribution in [1.29, 1.82) is 0 Å². The van der Waals surface area contributed by atoms with Crippen LogP contribution >= 0.6 is 11.3 Å². The molecule has 0 atom stereocenters. The lowest BCUT2D eigenvalue weighted by molar-refractivity contribution is -0.118. The third kappa shape index (κ3) is 2.91. The van der Waals surface area contributed by atoms with Gasteiger partial charge in [0.15, 0.2) is 5.13 Å². The van der Waals surface area contributed by atoms with Crippen LogP contribution in [0.3, 0.4) is 0 Å². The van der Waals surface area contributed by atoms with Gasteiger partial charge in [-0.05, 0) is 6.92 Å². The molecule has 0 bridgehead atoms. The molecule has 0 saturated carbocycles. The summed E-state index contributed by atoms with van der Waals surface area (Å²) in [5, 5.41) is 1.88. The third-order valence-corrected chi connectivity index (χ3v) is 2.43. The summed E-state index contributed by atoms with van der Waals surface area (Å²) in [5.74, 6) is -0.877. The van der Waals surface area contributed by atoms with Crippen molar-refractivity contribution < 1.29 is 9.59 Å². The van der Waals surface area contributed by atoms with E-state index in [0.29, 0.717) is 11.7 Å². The van der Waals surface area contributed by atoms with Crippen molar-refractivity contribution in [2.45, 2.75) is 6.92 Å². The zero-order valence-electron chi connectivity index (χ0n) is 8.27. The quantitative estimate of drug-likeness (QED) is 0.736. The summed E-state index contributed by atoms with van der Waals surface area (Å²) in [6.07, 6.45) is 0. The summed E-state index contributed by atoms with van der Waals surface area (Å²) < 4.78 is 0. The largest absolute Gasteiger partial charge is 0.375 e. The summed E-state index contributed by atoms with van der Waals surface area (Å²) in [6.45, 7) is 2.06. The highest BCUT2D eigenvalue weighted by atomic mass is 32.1. The monoisotopic (exact) mass is 228 g/mol. The van der Waals surface area contributed by atoms with Gasteiger partial charge in [0.2, 0.25) is 5.91 Å². The third-order valence-electron chi connectivity index (χ3n) is 1.76. The van der Waals surface area contributed by atoms with Gasteiger partial charge in [-0.1, -0.05) is 0 Å². The molecule has 15 heavy (non-hydrogen) atoms. The highest BCUT2D eigenvalue weighted by molar-refractivity contribution is 7.13. The number of nitrogens with two attached hydrogens (primary N) is 2. The van der Waals surface area contributed by atoms with E-state index in [4.69, 9.17) is 11.5 Å². The van der Waals surface area contributed by atoms with Gasteiger partial charge in [-0.3, -0.25) is 9.59 Å². The van der Waals surface area contributed by atoms with Crippen LogP contribution in [0.25, 0.3) is 0 Å². The molecule has 1 rings (SSSR count). The number of likely N-dealkylation sites (N-methyl/N-ethyl adjacent to an activating group) is 1. The van der Waals surface area contributed by atoms with Crippen LogP contribution in [-0.2, 0) is 4.79 Å². The number of nitrogen functional groups attached to an aromatic ring is 1. The Hall–Kier alpha value is -1.63. The first-order valence-corrected chi connectivity index (χ1v) is 5.21. The minimum atomic E-state index is -0.548. The molecule has 4 N–H and O–H groups in total. The Balaban J connectivity index is 2.77. The number of carbonyl (C=O) groups is 2. The van der Waals surface area contributed by atoms with E-state index < -0.39 is 5.91 Å². The van der Waals surface area contributed by atoms with Gasteiger partial charge < -0.3 is 16.4 Å². The molecule has 0 radical (unpaired) electrons. The lowest BCUT2D eigenvalue weighted by atomic mass is 10.3. The van der Waals surface area contributed by atoms with Gasteiger partial charge in [-0.2, -0.15) is 0 Å². The maximum Gasteiger partial charge on any atom is 0.273 e. The Labute approximate surface area is 90.9 Å². The number of thiazole rings is 1. The smallest absolute Gasteiger partial charge is 0.273 e. The fourth-order valence-electron chi connectivity index (χ4n) is 1.06. The number of rotatable bonds is 4. The summed E-state index contributed by atoms with van der Waals surface area (Å²) in [5.41, 5.74) is 10.7. The number of nitrogens with zero attached hydrogens (tertiary/aromatic N) is 2. The van der Waals surface area contributed by atoms with Gasteiger partial charge in [-0.25, -0.2) is 4.98 Å². The maximum atomic E-state index is 11.7. The molecule has 0 saturated heterocycles. The summed E-state index contributed by atoms with van der Waals surface area (Å²) in [4.78, 5) is 27.6. The second-order valence-corrected chi connectivity index (χ2v) is 3.75. The number of carbonyl (C=O) groups excluding carboxylic acids is 2. The highest BCUT2D eigenvalue weighted by Gasteiger charge is 2.18. The number of hydrogen-bond donors (Lipinski definition) is 2. The number of hydrogen-bond acceptors (Lipinski definition) is 5. The van der Waals surface area contributed by atoms with E-state index in [1.807, 2.05) is 0 Å². The van der Waals surface area contributed by atoms with Crippen molar-refractivity contribution in [2.24, 2.45) is 5.73 Å². The molecule has 0 unspecified atom stereocenters. The first-order chi connectivity index (χ1) is 7.04. The molecule has 1 aromatic rings. The van der Waals surface area contributed by atoms with Crippen LogP contribution in [0.15, 0.2) is 5.38 Å². The van der Waals surface area contributed by atoms with Crippen molar-refractivity contribution in [3.05, 3.63) is 11.1 Å². The highest BCUT2D eigenvalue weighted by Crippen LogP contribution is 2.12. The van der Waals surface area contributed by atoms with Crippen LogP contribution in [0, 0.1) is 0 Å². The summed E-state index contributed by atoms with van der Waals surface area (Å²) in [6, 6.07) is 0. The maximum absolute atomic E-state index is 11.7. The molecule has 1 aromatic heterocycles. The second-order valence-electron chi connectivity index (χ2n) is 2.86. The molecule has 0 aromatic carbocycles. The molecule has 6 nitrogen and oxygen atoms in total. The van der Waals surface area contributed by atoms with Crippen LogP contribution in [-0.4, -0.2) is 34.8 Å². The van der Waals surface area contributed by atoms with Crippen LogP contribution < -0.4 is 11.5 Å². The molecule has 7 heteroatoms. The van der Waals surface area contributed by atoms with E-state index in [1.54, 1.807) is 12.3 Å². The van der Waals surface area contributed by atoms with E-state index in [1.165, 1.54) is 16.2 Å². The molecule has 0 fully saturated rings. The van der Waals surface area contributed by atoms with Crippen molar-refractivity contribution in [3.63, 3.8) is 0 Å². The zero-order valence-corrected chi connectivity index (χ0v) is 9.08. The van der Waals surface area contributed by atoms with E-state index in [0.717, 1.165) is 0 Å². The normalized spacial score (nSPS) is 9.93. The zero-order chi connectivity index (χ0) is 11.4. The van der Waals surface area contributed by atoms with Crippen molar-refractivity contribution in [3.8, 4) is 0 Å². The molecule has 82 valence electrons. The van der Waals surface area contributed by atoms with Crippen LogP contribution in [0.1, 0.15) is 17.4 Å². The Kier molecular flexibility index (Phi) is 3.62. The van der Waals surface area contributed by atoms with Gasteiger partial charge in [0.1, 0.15) is 5.69 Å². The Morgan fingerprint density at radius 2 is 2.27 bits per heavy atom. The molecular weight excluding hydrogens is 216 g/mol. The topological polar surface area (TPSA) is 102 Å². The lowest BCUT2D eigenvalue weighted by Gasteiger charge is -2.17. The van der Waals surface area contributed by atoms with Gasteiger partial charge in [-0.15, -0.1) is 11.3 Å². The predicted molar refractivity (Wildman–Crippen MR) is 57.3 cm³/mol. The minimum Gasteiger partial charge on any atom is -0.375 e. The number of aromatic nitrogens is 1. The number of anilines is 1. The van der Waals surface area contributed by atoms with Crippen molar-refractivity contribution >= 4 is 28.3 Å². The standard InChI is InChI=1S/C8H12N4O2S/c1-2-12(3-6(9)13)7(14)5-4-15-8(10)11-5/h4H,2-3H2,1H3,(H2,9,13)(H2,10,11). The number of primary amides is 1. The molecule has 0 aliphatic rings. The fourth-order valence-corrected chi connectivity index (χ4v) is 1.60. The molecular formula is C8H12N4O2S. The fraction of sp³-hybridized carbons (Fsp3) is 0.375. The van der Waals surface area contributed by atoms with Gasteiger partial charge in [0.25, 0.3) is 5.91 Å². The Morgan fingerprint density at radius 3 is 2.67 bits per heavy atom. The average molecular weight is 228 g/mol. The van der Waals surface area contributed by atoms with E-state index in [9.17, 15) is 9.59 Å². The molecule has 1 heterocycles. The number of amides is 2. The molecule has 0 aliphatic carbocycles. The summed E-state index contributed by atoms with van der Waals surface area (Å²) >= 11 is 1.18. The second kappa shape index (κ2) is 4.74. The van der Waals surface area contributed by atoms with Crippen LogP contribution in [0.4, 0.5) is 5.13 Å². The molecule has 0 spiro atoms. The van der Waals surface area contributed by atoms with Gasteiger partial charge in [0.05, 0.1) is 6.54 Å². The average Bonchev–Trinajstić information content (AvgIpc) is 2.60. The van der Waals surface area contributed by atoms with E-state index in [-0.39, 0.29) is 18.1 Å². The summed E-state index contributed by atoms with van der Waals surface area (Å²) in [7, 11) is 0. The minimum absolute atomic E-state index is 0.104.